The Hall–Kier alpha value is -0.450. The molecule has 1 N–H and O–H groups in total. The number of aryl methyl sites for hydroxylation is 2. The predicted octanol–water partition coefficient (Wildman–Crippen LogP) is 2.85. The molecule has 1 aliphatic heterocycles. The van der Waals surface area contributed by atoms with Gasteiger partial charge in [-0.15, -0.1) is 11.3 Å². The zero-order valence-corrected chi connectivity index (χ0v) is 12.2. The van der Waals surface area contributed by atoms with E-state index in [9.17, 15) is 0 Å². The summed E-state index contributed by atoms with van der Waals surface area (Å²) >= 11 is 1.97. The van der Waals surface area contributed by atoms with Gasteiger partial charge in [-0.25, -0.2) is 4.98 Å². The molecule has 1 aromatic heterocycles. The van der Waals surface area contributed by atoms with E-state index in [1.807, 2.05) is 11.3 Å². The molecule has 2 aliphatic carbocycles. The van der Waals surface area contributed by atoms with E-state index in [4.69, 9.17) is 9.72 Å². The Morgan fingerprint density at radius 2 is 2.11 bits per heavy atom. The molecule has 3 aliphatic rings. The van der Waals surface area contributed by atoms with Gasteiger partial charge in [0.1, 0.15) is 5.01 Å². The van der Waals surface area contributed by atoms with Crippen molar-refractivity contribution in [1.29, 1.82) is 0 Å². The highest BCUT2D eigenvalue weighted by Crippen LogP contribution is 2.37. The molecular formula is C15H22N2OS. The Morgan fingerprint density at radius 3 is 2.84 bits per heavy atom. The van der Waals surface area contributed by atoms with E-state index in [1.54, 1.807) is 4.88 Å². The molecule has 0 amide bonds. The summed E-state index contributed by atoms with van der Waals surface area (Å²) in [6, 6.07) is 1.19. The third-order valence-electron chi connectivity index (χ3n) is 4.56. The zero-order chi connectivity index (χ0) is 12.7. The SMILES string of the molecule is C1CCc2sc(C(NC3CC3)C3CCOC3)nc2C1. The van der Waals surface area contributed by atoms with E-state index in [1.165, 1.54) is 55.6 Å². The number of fused-ring (bicyclic) bond motifs is 1. The molecule has 2 heterocycles. The number of nitrogens with zero attached hydrogens (tertiary/aromatic N) is 1. The fourth-order valence-corrected chi connectivity index (χ4v) is 4.54. The van der Waals surface area contributed by atoms with Crippen LogP contribution in [0.5, 0.6) is 0 Å². The maximum absolute atomic E-state index is 5.60. The van der Waals surface area contributed by atoms with Crippen LogP contribution in [0, 0.1) is 5.92 Å². The smallest absolute Gasteiger partial charge is 0.110 e. The van der Waals surface area contributed by atoms with Crippen LogP contribution < -0.4 is 5.32 Å². The van der Waals surface area contributed by atoms with Crippen molar-refractivity contribution in [3.63, 3.8) is 0 Å². The van der Waals surface area contributed by atoms with Crippen LogP contribution in [-0.2, 0) is 17.6 Å². The number of hydrogen-bond acceptors (Lipinski definition) is 4. The summed E-state index contributed by atoms with van der Waals surface area (Å²) in [6.45, 7) is 1.84. The second-order valence-corrected chi connectivity index (χ2v) is 7.29. The van der Waals surface area contributed by atoms with E-state index < -0.39 is 0 Å². The van der Waals surface area contributed by atoms with Crippen molar-refractivity contribution in [1.82, 2.24) is 10.3 Å². The molecule has 0 radical (unpaired) electrons. The maximum atomic E-state index is 5.60. The number of rotatable bonds is 4. The fraction of sp³-hybridized carbons (Fsp3) is 0.800. The average Bonchev–Trinajstić information content (AvgIpc) is 2.95. The van der Waals surface area contributed by atoms with E-state index in [-0.39, 0.29) is 0 Å². The van der Waals surface area contributed by atoms with Crippen molar-refractivity contribution in [2.45, 2.75) is 57.0 Å². The number of hydrogen-bond donors (Lipinski definition) is 1. The quantitative estimate of drug-likeness (QED) is 0.919. The average molecular weight is 278 g/mol. The van der Waals surface area contributed by atoms with E-state index in [0.29, 0.717) is 12.0 Å². The monoisotopic (exact) mass is 278 g/mol. The van der Waals surface area contributed by atoms with Gasteiger partial charge in [-0.05, 0) is 44.9 Å². The molecule has 19 heavy (non-hydrogen) atoms. The summed E-state index contributed by atoms with van der Waals surface area (Å²) < 4.78 is 5.60. The lowest BCUT2D eigenvalue weighted by molar-refractivity contribution is 0.176. The van der Waals surface area contributed by atoms with Gasteiger partial charge in [-0.1, -0.05) is 0 Å². The van der Waals surface area contributed by atoms with Crippen molar-refractivity contribution in [2.75, 3.05) is 13.2 Å². The van der Waals surface area contributed by atoms with Crippen LogP contribution in [0.1, 0.15) is 53.7 Å². The van der Waals surface area contributed by atoms with Gasteiger partial charge in [-0.2, -0.15) is 0 Å². The molecule has 1 aromatic rings. The number of ether oxygens (including phenoxy) is 1. The van der Waals surface area contributed by atoms with Gasteiger partial charge in [0.05, 0.1) is 18.3 Å². The molecule has 4 rings (SSSR count). The summed E-state index contributed by atoms with van der Waals surface area (Å²) in [7, 11) is 0. The summed E-state index contributed by atoms with van der Waals surface area (Å²) in [6.07, 6.45) is 9.00. The van der Waals surface area contributed by atoms with Crippen molar-refractivity contribution in [2.24, 2.45) is 5.92 Å². The van der Waals surface area contributed by atoms with Gasteiger partial charge in [0, 0.05) is 23.4 Å². The van der Waals surface area contributed by atoms with E-state index >= 15 is 0 Å². The molecule has 2 fully saturated rings. The Labute approximate surface area is 118 Å². The van der Waals surface area contributed by atoms with Gasteiger partial charge in [0.15, 0.2) is 0 Å². The summed E-state index contributed by atoms with van der Waals surface area (Å²) in [5.41, 5.74) is 1.40. The highest BCUT2D eigenvalue weighted by Gasteiger charge is 2.34. The van der Waals surface area contributed by atoms with Crippen molar-refractivity contribution < 1.29 is 4.74 Å². The number of aromatic nitrogens is 1. The first kappa shape index (κ1) is 12.3. The van der Waals surface area contributed by atoms with E-state index in [2.05, 4.69) is 5.32 Å². The Kier molecular flexibility index (Phi) is 3.34. The second-order valence-electron chi connectivity index (χ2n) is 6.17. The fourth-order valence-electron chi connectivity index (χ4n) is 3.23. The molecule has 4 heteroatoms. The lowest BCUT2D eigenvalue weighted by atomic mass is 9.99. The largest absolute Gasteiger partial charge is 0.381 e. The molecule has 104 valence electrons. The van der Waals surface area contributed by atoms with Crippen molar-refractivity contribution >= 4 is 11.3 Å². The molecule has 0 bridgehead atoms. The Balaban J connectivity index is 1.59. The minimum Gasteiger partial charge on any atom is -0.381 e. The highest BCUT2D eigenvalue weighted by molar-refractivity contribution is 7.11. The van der Waals surface area contributed by atoms with E-state index in [0.717, 1.165) is 19.3 Å². The Bertz CT molecular complexity index is 425. The minimum absolute atomic E-state index is 0.450. The molecule has 2 unspecified atom stereocenters. The minimum atomic E-state index is 0.450. The highest BCUT2D eigenvalue weighted by atomic mass is 32.1. The van der Waals surface area contributed by atoms with Crippen LogP contribution in [0.4, 0.5) is 0 Å². The number of nitrogens with one attached hydrogen (secondary N) is 1. The van der Waals surface area contributed by atoms with Crippen molar-refractivity contribution in [3.8, 4) is 0 Å². The predicted molar refractivity (Wildman–Crippen MR) is 76.6 cm³/mol. The molecule has 0 aromatic carbocycles. The standard InChI is InChI=1S/C15H22N2OS/c1-2-4-13-12(3-1)17-15(19-13)14(16-11-5-6-11)10-7-8-18-9-10/h10-11,14,16H,1-9H2. The van der Waals surface area contributed by atoms with Crippen LogP contribution in [0.25, 0.3) is 0 Å². The first-order valence-electron chi connectivity index (χ1n) is 7.72. The van der Waals surface area contributed by atoms with Crippen LogP contribution in [0.3, 0.4) is 0 Å². The van der Waals surface area contributed by atoms with Crippen LogP contribution in [0.15, 0.2) is 0 Å². The summed E-state index contributed by atoms with van der Waals surface area (Å²) in [4.78, 5) is 6.54. The molecule has 2 atom stereocenters. The molecule has 1 saturated carbocycles. The van der Waals surface area contributed by atoms with Gasteiger partial charge in [-0.3, -0.25) is 0 Å². The topological polar surface area (TPSA) is 34.1 Å². The third-order valence-corrected chi connectivity index (χ3v) is 5.80. The molecule has 0 spiro atoms. The van der Waals surface area contributed by atoms with Gasteiger partial charge < -0.3 is 10.1 Å². The molecule has 3 nitrogen and oxygen atoms in total. The summed E-state index contributed by atoms with van der Waals surface area (Å²) in [5.74, 6) is 0.633. The van der Waals surface area contributed by atoms with Crippen LogP contribution >= 0.6 is 11.3 Å². The second kappa shape index (κ2) is 5.15. The lowest BCUT2D eigenvalue weighted by Gasteiger charge is -2.21. The Morgan fingerprint density at radius 1 is 1.21 bits per heavy atom. The normalized spacial score (nSPS) is 28.3. The molecular weight excluding hydrogens is 256 g/mol. The van der Waals surface area contributed by atoms with Crippen LogP contribution in [-0.4, -0.2) is 24.2 Å². The first-order chi connectivity index (χ1) is 9.40. The summed E-state index contributed by atoms with van der Waals surface area (Å²) in [5, 5.41) is 5.17. The molecule has 1 saturated heterocycles. The maximum Gasteiger partial charge on any atom is 0.110 e. The van der Waals surface area contributed by atoms with Gasteiger partial charge >= 0.3 is 0 Å². The van der Waals surface area contributed by atoms with Gasteiger partial charge in [0.2, 0.25) is 0 Å². The lowest BCUT2D eigenvalue weighted by Crippen LogP contribution is -2.30. The zero-order valence-electron chi connectivity index (χ0n) is 11.4. The third kappa shape index (κ3) is 2.58. The first-order valence-corrected chi connectivity index (χ1v) is 8.54. The van der Waals surface area contributed by atoms with Gasteiger partial charge in [0.25, 0.3) is 0 Å². The van der Waals surface area contributed by atoms with Crippen molar-refractivity contribution in [3.05, 3.63) is 15.6 Å². The number of thiazole rings is 1. The van der Waals surface area contributed by atoms with Crippen LogP contribution in [0.2, 0.25) is 0 Å².